The lowest BCUT2D eigenvalue weighted by Crippen LogP contribution is -2.33. The van der Waals surface area contributed by atoms with Gasteiger partial charge in [-0.2, -0.15) is 5.10 Å². The van der Waals surface area contributed by atoms with Gasteiger partial charge in [0, 0.05) is 30.9 Å². The molecule has 1 heterocycles. The van der Waals surface area contributed by atoms with E-state index < -0.39 is 11.8 Å². The maximum absolute atomic E-state index is 13.1. The van der Waals surface area contributed by atoms with Crippen LogP contribution in [0.1, 0.15) is 28.4 Å². The summed E-state index contributed by atoms with van der Waals surface area (Å²) in [5, 5.41) is 6.96. The van der Waals surface area contributed by atoms with E-state index in [9.17, 15) is 9.59 Å². The van der Waals surface area contributed by atoms with Crippen LogP contribution in [0.5, 0.6) is 11.5 Å². The molecule has 2 N–H and O–H groups in total. The lowest BCUT2D eigenvalue weighted by Gasteiger charge is -2.18. The van der Waals surface area contributed by atoms with E-state index in [1.54, 1.807) is 37.3 Å². The summed E-state index contributed by atoms with van der Waals surface area (Å²) in [7, 11) is 3.90. The molecule has 0 fully saturated rings. The standard InChI is InChI=1S/C28H28N4O4/c1-19(22-11-14-25-26(18-22)36-16-15-35-25)30-31-28(34)24(29-27(33)21-7-5-4-6-8-21)17-20-9-12-23(13-10-20)32(2)3/h4-14,17-18H,15-16H2,1-3H3,(H,29,33)(H,31,34)/b24-17-,30-19?. The molecule has 36 heavy (non-hydrogen) atoms. The number of hydrogen-bond donors (Lipinski definition) is 2. The number of carbonyl (C=O) groups is 2. The van der Waals surface area contributed by atoms with E-state index >= 15 is 0 Å². The molecule has 0 aliphatic carbocycles. The summed E-state index contributed by atoms with van der Waals surface area (Å²) in [5.74, 6) is 0.370. The van der Waals surface area contributed by atoms with Crippen molar-refractivity contribution < 1.29 is 19.1 Å². The van der Waals surface area contributed by atoms with Crippen molar-refractivity contribution in [2.75, 3.05) is 32.2 Å². The molecule has 184 valence electrons. The minimum atomic E-state index is -0.548. The summed E-state index contributed by atoms with van der Waals surface area (Å²) in [4.78, 5) is 27.9. The quantitative estimate of drug-likeness (QED) is 0.302. The van der Waals surface area contributed by atoms with Gasteiger partial charge in [0.05, 0.1) is 5.71 Å². The molecule has 4 rings (SSSR count). The average molecular weight is 485 g/mol. The molecule has 3 aromatic rings. The third kappa shape index (κ3) is 6.09. The molecule has 0 saturated heterocycles. The Labute approximate surface area is 210 Å². The number of anilines is 1. The van der Waals surface area contributed by atoms with Crippen molar-refractivity contribution in [1.29, 1.82) is 0 Å². The Morgan fingerprint density at radius 3 is 2.28 bits per heavy atom. The van der Waals surface area contributed by atoms with Crippen LogP contribution in [0.3, 0.4) is 0 Å². The molecule has 0 saturated carbocycles. The predicted octanol–water partition coefficient (Wildman–Crippen LogP) is 3.84. The first-order chi connectivity index (χ1) is 17.4. The summed E-state index contributed by atoms with van der Waals surface area (Å²) in [6, 6.07) is 21.8. The first kappa shape index (κ1) is 24.5. The first-order valence-corrected chi connectivity index (χ1v) is 11.5. The van der Waals surface area contributed by atoms with Crippen LogP contribution in [0, 0.1) is 0 Å². The number of rotatable bonds is 7. The topological polar surface area (TPSA) is 92.3 Å². The zero-order chi connectivity index (χ0) is 25.5. The molecule has 0 bridgehead atoms. The van der Waals surface area contributed by atoms with Crippen LogP contribution in [-0.2, 0) is 4.79 Å². The number of hydrogen-bond acceptors (Lipinski definition) is 6. The van der Waals surface area contributed by atoms with Crippen LogP contribution < -0.4 is 25.1 Å². The highest BCUT2D eigenvalue weighted by atomic mass is 16.6. The van der Waals surface area contributed by atoms with Crippen LogP contribution >= 0.6 is 0 Å². The zero-order valence-electron chi connectivity index (χ0n) is 20.4. The highest BCUT2D eigenvalue weighted by Gasteiger charge is 2.16. The highest BCUT2D eigenvalue weighted by molar-refractivity contribution is 6.06. The third-order valence-corrected chi connectivity index (χ3v) is 5.53. The number of nitrogens with zero attached hydrogens (tertiary/aromatic N) is 2. The van der Waals surface area contributed by atoms with Gasteiger partial charge in [0.2, 0.25) is 0 Å². The number of fused-ring (bicyclic) bond motifs is 1. The van der Waals surface area contributed by atoms with Gasteiger partial charge < -0.3 is 19.7 Å². The fourth-order valence-electron chi connectivity index (χ4n) is 3.51. The molecular weight excluding hydrogens is 456 g/mol. The molecule has 0 atom stereocenters. The largest absolute Gasteiger partial charge is 0.486 e. The summed E-state index contributed by atoms with van der Waals surface area (Å²) in [6.07, 6.45) is 1.62. The number of ether oxygens (including phenoxy) is 2. The third-order valence-electron chi connectivity index (χ3n) is 5.53. The molecule has 0 radical (unpaired) electrons. The number of benzene rings is 3. The molecule has 1 aliphatic rings. The Bertz CT molecular complexity index is 1300. The van der Waals surface area contributed by atoms with Crippen molar-refractivity contribution in [3.63, 3.8) is 0 Å². The average Bonchev–Trinajstić information content (AvgIpc) is 2.91. The maximum Gasteiger partial charge on any atom is 0.287 e. The minimum Gasteiger partial charge on any atom is -0.486 e. The molecule has 3 aromatic carbocycles. The minimum absolute atomic E-state index is 0.0696. The van der Waals surface area contributed by atoms with Crippen LogP contribution in [0.2, 0.25) is 0 Å². The number of hydrazone groups is 1. The fraction of sp³-hybridized carbons (Fsp3) is 0.179. The van der Waals surface area contributed by atoms with Crippen LogP contribution in [-0.4, -0.2) is 44.8 Å². The second-order valence-corrected chi connectivity index (χ2v) is 8.36. The molecule has 8 heteroatoms. The van der Waals surface area contributed by atoms with Gasteiger partial charge in [-0.1, -0.05) is 30.3 Å². The lowest BCUT2D eigenvalue weighted by atomic mass is 10.1. The van der Waals surface area contributed by atoms with Gasteiger partial charge in [0.15, 0.2) is 11.5 Å². The van der Waals surface area contributed by atoms with E-state index in [0.29, 0.717) is 36.0 Å². The first-order valence-electron chi connectivity index (χ1n) is 11.5. The SMILES string of the molecule is CC(=NNC(=O)/C(=C/c1ccc(N(C)C)cc1)NC(=O)c1ccccc1)c1ccc2c(c1)OCCO2. The molecule has 0 aromatic heterocycles. The zero-order valence-corrected chi connectivity index (χ0v) is 20.4. The Balaban J connectivity index is 1.55. The Morgan fingerprint density at radius 1 is 0.889 bits per heavy atom. The van der Waals surface area contributed by atoms with Crippen LogP contribution in [0.15, 0.2) is 83.6 Å². The summed E-state index contributed by atoms with van der Waals surface area (Å²) in [6.45, 7) is 2.77. The summed E-state index contributed by atoms with van der Waals surface area (Å²) >= 11 is 0. The van der Waals surface area contributed by atoms with E-state index in [0.717, 1.165) is 16.8 Å². The lowest BCUT2D eigenvalue weighted by molar-refractivity contribution is -0.117. The van der Waals surface area contributed by atoms with E-state index in [-0.39, 0.29) is 5.70 Å². The predicted molar refractivity (Wildman–Crippen MR) is 140 cm³/mol. The van der Waals surface area contributed by atoms with Gasteiger partial charge in [-0.3, -0.25) is 9.59 Å². The van der Waals surface area contributed by atoms with E-state index in [1.807, 2.05) is 67.5 Å². The summed E-state index contributed by atoms with van der Waals surface area (Å²) in [5.41, 5.74) is 6.19. The Morgan fingerprint density at radius 2 is 1.58 bits per heavy atom. The van der Waals surface area contributed by atoms with Crippen molar-refractivity contribution in [2.24, 2.45) is 5.10 Å². The van der Waals surface area contributed by atoms with Crippen molar-refractivity contribution >= 4 is 29.3 Å². The smallest absolute Gasteiger partial charge is 0.287 e. The number of amides is 2. The second kappa shape index (κ2) is 11.2. The molecule has 8 nitrogen and oxygen atoms in total. The van der Waals surface area contributed by atoms with Gasteiger partial charge in [0.1, 0.15) is 18.9 Å². The van der Waals surface area contributed by atoms with Crippen molar-refractivity contribution in [1.82, 2.24) is 10.7 Å². The highest BCUT2D eigenvalue weighted by Crippen LogP contribution is 2.30. The monoisotopic (exact) mass is 484 g/mol. The number of carbonyl (C=O) groups excluding carboxylic acids is 2. The van der Waals surface area contributed by atoms with E-state index in [1.165, 1.54) is 0 Å². The molecule has 1 aliphatic heterocycles. The van der Waals surface area contributed by atoms with Gasteiger partial charge in [-0.25, -0.2) is 5.43 Å². The maximum atomic E-state index is 13.1. The molecule has 0 unspecified atom stereocenters. The molecule has 2 amide bonds. The van der Waals surface area contributed by atoms with Crippen molar-refractivity contribution in [3.8, 4) is 11.5 Å². The molecule has 0 spiro atoms. The summed E-state index contributed by atoms with van der Waals surface area (Å²) < 4.78 is 11.2. The fourth-order valence-corrected chi connectivity index (χ4v) is 3.51. The van der Waals surface area contributed by atoms with Crippen molar-refractivity contribution in [3.05, 3.63) is 95.2 Å². The Kier molecular flexibility index (Phi) is 7.65. The van der Waals surface area contributed by atoms with E-state index in [4.69, 9.17) is 9.47 Å². The van der Waals surface area contributed by atoms with Gasteiger partial charge in [-0.15, -0.1) is 0 Å². The van der Waals surface area contributed by atoms with Gasteiger partial charge in [0.25, 0.3) is 11.8 Å². The van der Waals surface area contributed by atoms with Gasteiger partial charge >= 0.3 is 0 Å². The normalized spacial score (nSPS) is 13.1. The van der Waals surface area contributed by atoms with Crippen molar-refractivity contribution in [2.45, 2.75) is 6.92 Å². The van der Waals surface area contributed by atoms with E-state index in [2.05, 4.69) is 15.8 Å². The molecular formula is C28H28N4O4. The number of nitrogens with one attached hydrogen (secondary N) is 2. The van der Waals surface area contributed by atoms with Crippen LogP contribution in [0.25, 0.3) is 6.08 Å². The second-order valence-electron chi connectivity index (χ2n) is 8.36. The van der Waals surface area contributed by atoms with Gasteiger partial charge in [-0.05, 0) is 61.0 Å². The Hall–Kier alpha value is -4.59. The van der Waals surface area contributed by atoms with Crippen LogP contribution in [0.4, 0.5) is 5.69 Å².